The van der Waals surface area contributed by atoms with Crippen LogP contribution < -0.4 is 19.7 Å². The summed E-state index contributed by atoms with van der Waals surface area (Å²) in [6, 6.07) is 18.8. The first-order chi connectivity index (χ1) is 20.4. The van der Waals surface area contributed by atoms with Crippen molar-refractivity contribution in [3.8, 4) is 11.5 Å². The number of anilines is 3. The number of halogens is 2. The molecule has 0 atom stereocenters. The molecule has 6 rings (SSSR count). The molecule has 6 nitrogen and oxygen atoms in total. The highest BCUT2D eigenvalue weighted by molar-refractivity contribution is 5.95. The number of methoxy groups -OCH3 is 2. The molecule has 42 heavy (non-hydrogen) atoms. The number of allylic oxidation sites excluding steroid dienone is 1. The van der Waals surface area contributed by atoms with Gasteiger partial charge in [-0.1, -0.05) is 12.6 Å². The van der Waals surface area contributed by atoms with E-state index in [1.165, 1.54) is 18.2 Å². The number of aromatic nitrogens is 2. The number of rotatable bonds is 7. The Kier molecular flexibility index (Phi) is 7.04. The molecular weight excluding hydrogens is 534 g/mol. The van der Waals surface area contributed by atoms with Gasteiger partial charge in [-0.2, -0.15) is 0 Å². The fraction of sp³-hybridized carbons (Fsp3) is 0.118. The van der Waals surface area contributed by atoms with Crippen molar-refractivity contribution in [3.05, 3.63) is 125 Å². The van der Waals surface area contributed by atoms with Crippen LogP contribution in [0.1, 0.15) is 29.2 Å². The Bertz CT molecular complexity index is 1870. The maximum atomic E-state index is 15.5. The van der Waals surface area contributed by atoms with E-state index in [-0.39, 0.29) is 11.6 Å². The van der Waals surface area contributed by atoms with E-state index in [4.69, 9.17) is 9.47 Å². The van der Waals surface area contributed by atoms with Gasteiger partial charge in [0.05, 0.1) is 25.4 Å². The van der Waals surface area contributed by atoms with Gasteiger partial charge in [0.15, 0.2) is 11.5 Å². The van der Waals surface area contributed by atoms with Crippen molar-refractivity contribution < 1.29 is 18.3 Å². The van der Waals surface area contributed by atoms with Crippen molar-refractivity contribution in [2.24, 2.45) is 0 Å². The van der Waals surface area contributed by atoms with Crippen molar-refractivity contribution >= 4 is 39.9 Å². The summed E-state index contributed by atoms with van der Waals surface area (Å²) < 4.78 is 40.0. The van der Waals surface area contributed by atoms with Crippen molar-refractivity contribution in [1.29, 1.82) is 0 Å². The van der Waals surface area contributed by atoms with Crippen LogP contribution in [-0.4, -0.2) is 24.2 Å². The zero-order valence-electron chi connectivity index (χ0n) is 23.4. The van der Waals surface area contributed by atoms with Crippen LogP contribution in [0.2, 0.25) is 0 Å². The monoisotopic (exact) mass is 562 g/mol. The predicted octanol–water partition coefficient (Wildman–Crippen LogP) is 8.11. The van der Waals surface area contributed by atoms with Crippen molar-refractivity contribution in [2.75, 3.05) is 24.4 Å². The molecule has 0 amide bonds. The molecule has 0 saturated carbocycles. The maximum Gasteiger partial charge on any atom is 0.162 e. The molecule has 0 saturated heterocycles. The Morgan fingerprint density at radius 2 is 1.60 bits per heavy atom. The number of nitrogens with one attached hydrogen (secondary N) is 1. The quantitative estimate of drug-likeness (QED) is 0.216. The van der Waals surface area contributed by atoms with Crippen molar-refractivity contribution in [2.45, 2.75) is 13.3 Å². The molecule has 1 aliphatic rings. The van der Waals surface area contributed by atoms with Crippen LogP contribution in [0.4, 0.5) is 26.0 Å². The number of fused-ring (bicyclic) bond motifs is 2. The Balaban J connectivity index is 1.29. The molecule has 0 radical (unpaired) electrons. The van der Waals surface area contributed by atoms with Gasteiger partial charge in [0.2, 0.25) is 0 Å². The van der Waals surface area contributed by atoms with Crippen LogP contribution in [0.5, 0.6) is 11.5 Å². The lowest BCUT2D eigenvalue weighted by Crippen LogP contribution is -2.23. The summed E-state index contributed by atoms with van der Waals surface area (Å²) >= 11 is 0. The second-order valence-electron chi connectivity index (χ2n) is 9.97. The predicted molar refractivity (Wildman–Crippen MR) is 163 cm³/mol. The van der Waals surface area contributed by atoms with Crippen LogP contribution in [0.3, 0.4) is 0 Å². The third kappa shape index (κ3) is 4.92. The average Bonchev–Trinajstić information content (AvgIpc) is 2.98. The first-order valence-corrected chi connectivity index (χ1v) is 13.3. The van der Waals surface area contributed by atoms with Gasteiger partial charge in [0.1, 0.15) is 17.5 Å². The van der Waals surface area contributed by atoms with Crippen molar-refractivity contribution in [1.82, 2.24) is 9.97 Å². The molecule has 210 valence electrons. The van der Waals surface area contributed by atoms with Gasteiger partial charge in [0.25, 0.3) is 0 Å². The smallest absolute Gasteiger partial charge is 0.162 e. The largest absolute Gasteiger partial charge is 0.493 e. The summed E-state index contributed by atoms with van der Waals surface area (Å²) in [5, 5.41) is 4.14. The summed E-state index contributed by atoms with van der Waals surface area (Å²) in [4.78, 5) is 10.9. The van der Waals surface area contributed by atoms with Gasteiger partial charge >= 0.3 is 0 Å². The van der Waals surface area contributed by atoms with Crippen LogP contribution in [0.25, 0.3) is 22.7 Å². The van der Waals surface area contributed by atoms with E-state index in [2.05, 4.69) is 21.9 Å². The molecular formula is C34H28F2N4O2. The number of pyridine rings is 2. The van der Waals surface area contributed by atoms with E-state index >= 15 is 4.39 Å². The minimum atomic E-state index is -0.349. The molecule has 0 spiro atoms. The molecule has 0 fully saturated rings. The van der Waals surface area contributed by atoms with Crippen LogP contribution in [0, 0.1) is 11.6 Å². The molecule has 2 aromatic heterocycles. The maximum absolute atomic E-state index is 15.5. The summed E-state index contributed by atoms with van der Waals surface area (Å²) in [5.41, 5.74) is 6.86. The number of benzene rings is 3. The van der Waals surface area contributed by atoms with E-state index < -0.39 is 0 Å². The summed E-state index contributed by atoms with van der Waals surface area (Å²) in [6.07, 6.45) is 5.80. The highest BCUT2D eigenvalue weighted by Gasteiger charge is 2.25. The molecule has 3 aromatic carbocycles. The minimum Gasteiger partial charge on any atom is -0.493 e. The first-order valence-electron chi connectivity index (χ1n) is 13.3. The zero-order chi connectivity index (χ0) is 29.4. The van der Waals surface area contributed by atoms with Gasteiger partial charge < -0.3 is 19.7 Å². The number of hydrogen-bond donors (Lipinski definition) is 1. The molecule has 8 heteroatoms. The summed E-state index contributed by atoms with van der Waals surface area (Å²) in [7, 11) is 3.16. The molecule has 5 aromatic rings. The number of hydrogen-bond acceptors (Lipinski definition) is 6. The molecule has 0 bridgehead atoms. The standard InChI is InChI=1S/C34H28F2N4O2/c1-20-15-24-12-14-38-34(33(24)21(2)40(20)27-9-6-25(35)7-10-27)39-26-8-5-23(29(36)17-26)16-22-11-13-37-30-19-32(42-4)31(41-3)18-28(22)30/h5-15,17-19H,2,16H2,1,3-4H3,(H,38,39). The fourth-order valence-electron chi connectivity index (χ4n) is 5.35. The van der Waals surface area contributed by atoms with Crippen LogP contribution >= 0.6 is 0 Å². The Morgan fingerprint density at radius 3 is 2.33 bits per heavy atom. The minimum absolute atomic E-state index is 0.310. The number of ether oxygens (including phenoxy) is 2. The lowest BCUT2D eigenvalue weighted by molar-refractivity contribution is 0.356. The first kappa shape index (κ1) is 27.0. The zero-order valence-corrected chi connectivity index (χ0v) is 23.4. The van der Waals surface area contributed by atoms with E-state index in [0.29, 0.717) is 40.7 Å². The SMILES string of the molecule is C=C1c2c(ccnc2Nc2ccc(Cc3ccnc4cc(OC)c(OC)cc34)c(F)c2)C=C(C)N1c1ccc(F)cc1. The van der Waals surface area contributed by atoms with Crippen LogP contribution in [-0.2, 0) is 6.42 Å². The van der Waals surface area contributed by atoms with Gasteiger partial charge in [0, 0.05) is 52.9 Å². The second kappa shape index (κ2) is 11.0. The molecule has 3 heterocycles. The van der Waals surface area contributed by atoms with E-state index in [1.807, 2.05) is 48.2 Å². The summed E-state index contributed by atoms with van der Waals surface area (Å²) in [5.74, 6) is 1.05. The van der Waals surface area contributed by atoms with E-state index in [1.54, 1.807) is 44.8 Å². The third-order valence-corrected chi connectivity index (χ3v) is 7.38. The molecule has 1 aliphatic heterocycles. The van der Waals surface area contributed by atoms with Gasteiger partial charge in [-0.3, -0.25) is 4.98 Å². The average molecular weight is 563 g/mol. The molecule has 0 aliphatic carbocycles. The lowest BCUT2D eigenvalue weighted by atomic mass is 9.98. The van der Waals surface area contributed by atoms with Crippen LogP contribution in [0.15, 0.2) is 91.4 Å². The fourth-order valence-corrected chi connectivity index (χ4v) is 5.35. The van der Waals surface area contributed by atoms with Gasteiger partial charge in [-0.05, 0) is 84.3 Å². The Morgan fingerprint density at radius 1 is 0.857 bits per heavy atom. The van der Waals surface area contributed by atoms with Crippen molar-refractivity contribution in [3.63, 3.8) is 0 Å². The van der Waals surface area contributed by atoms with E-state index in [0.717, 1.165) is 39.0 Å². The van der Waals surface area contributed by atoms with Gasteiger partial charge in [-0.25, -0.2) is 13.8 Å². The Hall–Kier alpha value is -5.24. The van der Waals surface area contributed by atoms with Gasteiger partial charge in [-0.15, -0.1) is 0 Å². The summed E-state index contributed by atoms with van der Waals surface area (Å²) in [6.45, 7) is 6.30. The lowest BCUT2D eigenvalue weighted by Gasteiger charge is -2.33. The van der Waals surface area contributed by atoms with E-state index in [9.17, 15) is 4.39 Å². The normalized spacial score (nSPS) is 12.6. The highest BCUT2D eigenvalue weighted by Crippen LogP contribution is 2.40. The Labute approximate surface area is 242 Å². The molecule has 1 N–H and O–H groups in total. The highest BCUT2D eigenvalue weighted by atomic mass is 19.1. The second-order valence-corrected chi connectivity index (χ2v) is 9.97. The third-order valence-electron chi connectivity index (χ3n) is 7.38. The number of nitrogens with zero attached hydrogens (tertiary/aromatic N) is 3. The molecule has 0 unspecified atom stereocenters. The topological polar surface area (TPSA) is 59.5 Å².